The van der Waals surface area contributed by atoms with Crippen molar-refractivity contribution in [3.05, 3.63) is 18.6 Å². The van der Waals surface area contributed by atoms with Crippen molar-refractivity contribution in [2.24, 2.45) is 0 Å². The number of anilines is 1. The van der Waals surface area contributed by atoms with Crippen LogP contribution in [-0.2, 0) is 0 Å². The fraction of sp³-hybridized carbons (Fsp3) is 0.556. The van der Waals surface area contributed by atoms with Crippen molar-refractivity contribution >= 4 is 5.82 Å². The summed E-state index contributed by atoms with van der Waals surface area (Å²) in [5, 5.41) is 0. The molecular weight excluding hydrogens is 150 g/mol. The van der Waals surface area contributed by atoms with Gasteiger partial charge in [0, 0.05) is 25.0 Å². The molecule has 0 bridgehead atoms. The lowest BCUT2D eigenvalue weighted by atomic mass is 10.1. The van der Waals surface area contributed by atoms with Gasteiger partial charge < -0.3 is 4.90 Å². The first kappa shape index (κ1) is 8.97. The van der Waals surface area contributed by atoms with E-state index >= 15 is 0 Å². The number of rotatable bonds is 1. The molecule has 0 radical (unpaired) electrons. The molecule has 0 saturated heterocycles. The van der Waals surface area contributed by atoms with Gasteiger partial charge in [-0.15, -0.1) is 0 Å². The normalized spacial score (nSPS) is 11.3. The minimum Gasteiger partial charge on any atom is -0.354 e. The average molecular weight is 165 g/mol. The van der Waals surface area contributed by atoms with Crippen molar-refractivity contribution in [1.82, 2.24) is 9.97 Å². The largest absolute Gasteiger partial charge is 0.354 e. The standard InChI is InChI=1S/C9H15N3/c1-9(2,3)12(4)8-7-10-5-6-11-8/h5-7H,1-4H3. The zero-order valence-corrected chi connectivity index (χ0v) is 8.07. The summed E-state index contributed by atoms with van der Waals surface area (Å²) >= 11 is 0. The summed E-state index contributed by atoms with van der Waals surface area (Å²) in [4.78, 5) is 10.3. The third kappa shape index (κ3) is 1.94. The van der Waals surface area contributed by atoms with Crippen molar-refractivity contribution in [1.29, 1.82) is 0 Å². The van der Waals surface area contributed by atoms with Crippen LogP contribution in [0.15, 0.2) is 18.6 Å². The number of hydrogen-bond donors (Lipinski definition) is 0. The fourth-order valence-electron chi connectivity index (χ4n) is 0.808. The van der Waals surface area contributed by atoms with Crippen LogP contribution in [0.4, 0.5) is 5.82 Å². The monoisotopic (exact) mass is 165 g/mol. The molecule has 1 heterocycles. The Morgan fingerprint density at radius 3 is 2.33 bits per heavy atom. The predicted octanol–water partition coefficient (Wildman–Crippen LogP) is 1.71. The van der Waals surface area contributed by atoms with E-state index in [0.29, 0.717) is 0 Å². The van der Waals surface area contributed by atoms with Crippen LogP contribution in [-0.4, -0.2) is 22.6 Å². The number of hydrogen-bond acceptors (Lipinski definition) is 3. The van der Waals surface area contributed by atoms with Crippen molar-refractivity contribution < 1.29 is 0 Å². The average Bonchev–Trinajstić information content (AvgIpc) is 2.03. The molecule has 0 fully saturated rings. The minimum absolute atomic E-state index is 0.0933. The SMILES string of the molecule is CN(c1cnccn1)C(C)(C)C. The van der Waals surface area contributed by atoms with Gasteiger partial charge in [0.1, 0.15) is 5.82 Å². The van der Waals surface area contributed by atoms with Gasteiger partial charge in [-0.3, -0.25) is 4.98 Å². The summed E-state index contributed by atoms with van der Waals surface area (Å²) in [7, 11) is 2.02. The van der Waals surface area contributed by atoms with Crippen molar-refractivity contribution in [2.45, 2.75) is 26.3 Å². The predicted molar refractivity (Wildman–Crippen MR) is 50.2 cm³/mol. The molecule has 3 nitrogen and oxygen atoms in total. The number of nitrogens with zero attached hydrogens (tertiary/aromatic N) is 3. The van der Waals surface area contributed by atoms with Crippen LogP contribution in [0.25, 0.3) is 0 Å². The maximum atomic E-state index is 4.21. The van der Waals surface area contributed by atoms with Gasteiger partial charge in [0.05, 0.1) is 6.20 Å². The molecule has 12 heavy (non-hydrogen) atoms. The van der Waals surface area contributed by atoms with E-state index in [2.05, 4.69) is 35.6 Å². The summed E-state index contributed by atoms with van der Waals surface area (Å²) in [6.45, 7) is 6.42. The van der Waals surface area contributed by atoms with Gasteiger partial charge in [0.25, 0.3) is 0 Å². The smallest absolute Gasteiger partial charge is 0.147 e. The van der Waals surface area contributed by atoms with Gasteiger partial charge >= 0.3 is 0 Å². The molecule has 0 atom stereocenters. The van der Waals surface area contributed by atoms with Crippen LogP contribution in [0, 0.1) is 0 Å². The van der Waals surface area contributed by atoms with Crippen molar-refractivity contribution in [3.63, 3.8) is 0 Å². The Morgan fingerprint density at radius 1 is 1.25 bits per heavy atom. The molecule has 66 valence electrons. The first-order valence-corrected chi connectivity index (χ1v) is 4.01. The highest BCUT2D eigenvalue weighted by Gasteiger charge is 2.17. The van der Waals surface area contributed by atoms with Gasteiger partial charge in [-0.2, -0.15) is 0 Å². The Hall–Kier alpha value is -1.12. The van der Waals surface area contributed by atoms with E-state index in [0.717, 1.165) is 5.82 Å². The lowest BCUT2D eigenvalue weighted by Gasteiger charge is -2.32. The Morgan fingerprint density at radius 2 is 1.92 bits per heavy atom. The maximum Gasteiger partial charge on any atom is 0.147 e. The minimum atomic E-state index is 0.0933. The molecule has 0 aliphatic heterocycles. The summed E-state index contributed by atoms with van der Waals surface area (Å²) < 4.78 is 0. The third-order valence-corrected chi connectivity index (χ3v) is 1.90. The fourth-order valence-corrected chi connectivity index (χ4v) is 0.808. The molecule has 1 aromatic rings. The molecule has 0 spiro atoms. The number of aromatic nitrogens is 2. The zero-order valence-electron chi connectivity index (χ0n) is 8.07. The van der Waals surface area contributed by atoms with Crippen LogP contribution in [0.1, 0.15) is 20.8 Å². The second-order valence-corrected chi connectivity index (χ2v) is 3.79. The second-order valence-electron chi connectivity index (χ2n) is 3.79. The first-order chi connectivity index (χ1) is 5.52. The maximum absolute atomic E-state index is 4.21. The molecule has 1 aromatic heterocycles. The molecule has 1 rings (SSSR count). The Bertz CT molecular complexity index is 238. The molecule has 0 N–H and O–H groups in total. The van der Waals surface area contributed by atoms with Crippen LogP contribution >= 0.6 is 0 Å². The second kappa shape index (κ2) is 3.09. The van der Waals surface area contributed by atoms with E-state index in [1.807, 2.05) is 7.05 Å². The summed E-state index contributed by atoms with van der Waals surface area (Å²) in [5.74, 6) is 0.907. The molecular formula is C9H15N3. The molecule has 0 aliphatic carbocycles. The van der Waals surface area contributed by atoms with E-state index in [1.165, 1.54) is 0 Å². The quantitative estimate of drug-likeness (QED) is 0.634. The summed E-state index contributed by atoms with van der Waals surface area (Å²) in [5.41, 5.74) is 0.0933. The molecule has 0 aromatic carbocycles. The Balaban J connectivity index is 2.86. The lowest BCUT2D eigenvalue weighted by Crippen LogP contribution is -2.38. The van der Waals surface area contributed by atoms with Gasteiger partial charge in [-0.1, -0.05) is 0 Å². The molecule has 0 unspecified atom stereocenters. The van der Waals surface area contributed by atoms with Gasteiger partial charge in [-0.05, 0) is 20.8 Å². The highest BCUT2D eigenvalue weighted by molar-refractivity contribution is 5.36. The molecule has 0 amide bonds. The molecule has 0 aliphatic rings. The topological polar surface area (TPSA) is 29.0 Å². The van der Waals surface area contributed by atoms with Gasteiger partial charge in [0.15, 0.2) is 0 Å². The van der Waals surface area contributed by atoms with Crippen LogP contribution in [0.3, 0.4) is 0 Å². The van der Waals surface area contributed by atoms with E-state index < -0.39 is 0 Å². The third-order valence-electron chi connectivity index (χ3n) is 1.90. The van der Waals surface area contributed by atoms with Crippen molar-refractivity contribution in [2.75, 3.05) is 11.9 Å². The Labute approximate surface area is 73.5 Å². The highest BCUT2D eigenvalue weighted by Crippen LogP contribution is 2.17. The van der Waals surface area contributed by atoms with Gasteiger partial charge in [0.2, 0.25) is 0 Å². The van der Waals surface area contributed by atoms with Crippen LogP contribution < -0.4 is 4.90 Å². The molecule has 0 saturated carbocycles. The lowest BCUT2D eigenvalue weighted by molar-refractivity contribution is 0.533. The van der Waals surface area contributed by atoms with Crippen LogP contribution in [0.2, 0.25) is 0 Å². The van der Waals surface area contributed by atoms with E-state index in [-0.39, 0.29) is 5.54 Å². The van der Waals surface area contributed by atoms with E-state index in [9.17, 15) is 0 Å². The summed E-state index contributed by atoms with van der Waals surface area (Å²) in [6, 6.07) is 0. The highest BCUT2D eigenvalue weighted by atomic mass is 15.2. The summed E-state index contributed by atoms with van der Waals surface area (Å²) in [6.07, 6.45) is 5.16. The van der Waals surface area contributed by atoms with Crippen LogP contribution in [0.5, 0.6) is 0 Å². The first-order valence-electron chi connectivity index (χ1n) is 4.01. The van der Waals surface area contributed by atoms with Crippen molar-refractivity contribution in [3.8, 4) is 0 Å². The Kier molecular flexibility index (Phi) is 2.31. The van der Waals surface area contributed by atoms with E-state index in [4.69, 9.17) is 0 Å². The molecule has 3 heteroatoms. The van der Waals surface area contributed by atoms with Gasteiger partial charge in [-0.25, -0.2) is 4.98 Å². The van der Waals surface area contributed by atoms with E-state index in [1.54, 1.807) is 18.6 Å². The zero-order chi connectivity index (χ0) is 9.19.